The molecule has 0 bridgehead atoms. The number of aliphatic imine (C=N–C) groups is 1. The zero-order chi connectivity index (χ0) is 36.4. The first-order valence-corrected chi connectivity index (χ1v) is 17.6. The van der Waals surface area contributed by atoms with Gasteiger partial charge in [0.2, 0.25) is 0 Å². The molecule has 11 heteroatoms. The number of thiophene rings is 1. The number of alkyl carbamates (subject to hydrolysis) is 1. The van der Waals surface area contributed by atoms with Crippen LogP contribution in [-0.4, -0.2) is 50.0 Å². The molecular weight excluding hydrogens is 653 g/mol. The van der Waals surface area contributed by atoms with Crippen LogP contribution < -0.4 is 21.1 Å². The van der Waals surface area contributed by atoms with Crippen molar-refractivity contribution in [2.45, 2.75) is 66.5 Å². The number of ether oxygens (including phenoxy) is 3. The van der Waals surface area contributed by atoms with E-state index in [0.29, 0.717) is 52.5 Å². The molecule has 2 amide bonds. The maximum atomic E-state index is 14.2. The Labute approximate surface area is 298 Å². The number of benzene rings is 3. The van der Waals surface area contributed by atoms with Crippen LogP contribution in [0.4, 0.5) is 16.2 Å². The number of hydrogen-bond donors (Lipinski definition) is 3. The van der Waals surface area contributed by atoms with Crippen molar-refractivity contribution in [2.24, 2.45) is 4.99 Å². The SMILES string of the molecule is CC.CCCN=Cc1c(N)ccc(-c2cc3c(cc2C(=O)Nc2ccc(CNC(=O)OC(C)(C)C)cc2)-c2sccc2CCO3)c1C(=O)OC. The van der Waals surface area contributed by atoms with Gasteiger partial charge in [-0.25, -0.2) is 9.59 Å². The van der Waals surface area contributed by atoms with E-state index in [4.69, 9.17) is 19.9 Å². The Balaban J connectivity index is 0.00000276. The number of fused-ring (bicyclic) bond motifs is 3. The van der Waals surface area contributed by atoms with Crippen LogP contribution in [0.3, 0.4) is 0 Å². The van der Waals surface area contributed by atoms with Gasteiger partial charge in [-0.3, -0.25) is 9.79 Å². The Morgan fingerprint density at radius 1 is 1.02 bits per heavy atom. The predicted octanol–water partition coefficient (Wildman–Crippen LogP) is 8.52. The molecule has 0 fully saturated rings. The highest BCUT2D eigenvalue weighted by atomic mass is 32.1. The van der Waals surface area contributed by atoms with Crippen molar-refractivity contribution < 1.29 is 28.6 Å². The predicted molar refractivity (Wildman–Crippen MR) is 202 cm³/mol. The molecule has 0 unspecified atom stereocenters. The molecule has 4 N–H and O–H groups in total. The molecule has 4 aromatic rings. The van der Waals surface area contributed by atoms with Gasteiger partial charge in [-0.2, -0.15) is 0 Å². The Hall–Kier alpha value is -5.16. The lowest BCUT2D eigenvalue weighted by atomic mass is 9.89. The van der Waals surface area contributed by atoms with Crippen LogP contribution in [0.15, 0.2) is 65.0 Å². The fraction of sp³-hybridized carbons (Fsp3) is 0.333. The Kier molecular flexibility index (Phi) is 12.8. The first-order valence-electron chi connectivity index (χ1n) is 16.7. The minimum absolute atomic E-state index is 0.207. The van der Waals surface area contributed by atoms with Gasteiger partial charge < -0.3 is 30.6 Å². The number of nitrogen functional groups attached to an aromatic ring is 1. The molecule has 0 radical (unpaired) electrons. The third kappa shape index (κ3) is 9.09. The second kappa shape index (κ2) is 17.0. The Morgan fingerprint density at radius 2 is 1.76 bits per heavy atom. The molecule has 1 aromatic heterocycles. The summed E-state index contributed by atoms with van der Waals surface area (Å²) in [5.41, 5.74) is 11.4. The standard InChI is InChI=1S/C37H40N4O6S.C2H6/c1-6-15-39-21-29-30(38)12-11-25(32(29)35(43)45-5)26-19-31-28(33-23(13-16-46-31)14-17-48-33)18-27(26)34(42)41-24-9-7-22(8-10-24)20-40-36(44)47-37(2,3)4;1-2/h7-12,14,17-19,21H,6,13,15-16,20,38H2,1-5H3,(H,40,44)(H,41,42);1-2H3. The topological polar surface area (TPSA) is 141 Å². The normalized spacial score (nSPS) is 12.0. The Morgan fingerprint density at radius 3 is 2.44 bits per heavy atom. The number of hydrogen-bond acceptors (Lipinski definition) is 9. The number of carbonyl (C=O) groups is 3. The van der Waals surface area contributed by atoms with Crippen LogP contribution >= 0.6 is 11.3 Å². The van der Waals surface area contributed by atoms with Gasteiger partial charge in [0.15, 0.2) is 0 Å². The fourth-order valence-corrected chi connectivity index (χ4v) is 6.30. The molecule has 3 aromatic carbocycles. The number of amides is 2. The molecule has 5 rings (SSSR count). The van der Waals surface area contributed by atoms with Crippen molar-refractivity contribution in [3.63, 3.8) is 0 Å². The monoisotopic (exact) mass is 698 g/mol. The largest absolute Gasteiger partial charge is 0.493 e. The lowest BCUT2D eigenvalue weighted by Gasteiger charge is -2.20. The molecule has 0 aliphatic carbocycles. The fourth-order valence-electron chi connectivity index (χ4n) is 5.33. The van der Waals surface area contributed by atoms with Crippen LogP contribution in [0.1, 0.15) is 85.4 Å². The van der Waals surface area contributed by atoms with Gasteiger partial charge in [-0.1, -0.05) is 39.0 Å². The van der Waals surface area contributed by atoms with Crippen LogP contribution in [0, 0.1) is 0 Å². The number of esters is 1. The first kappa shape index (κ1) is 37.7. The van der Waals surface area contributed by atoms with E-state index in [1.165, 1.54) is 7.11 Å². The maximum Gasteiger partial charge on any atom is 0.407 e. The maximum absolute atomic E-state index is 14.2. The minimum atomic E-state index is -0.603. The van der Waals surface area contributed by atoms with Gasteiger partial charge >= 0.3 is 12.1 Å². The van der Waals surface area contributed by atoms with E-state index in [1.54, 1.807) is 62.6 Å². The summed E-state index contributed by atoms with van der Waals surface area (Å²) in [4.78, 5) is 45.1. The van der Waals surface area contributed by atoms with Crippen molar-refractivity contribution >= 4 is 46.9 Å². The second-order valence-electron chi connectivity index (χ2n) is 12.3. The van der Waals surface area contributed by atoms with Crippen molar-refractivity contribution in [3.8, 4) is 27.3 Å². The van der Waals surface area contributed by atoms with Crippen molar-refractivity contribution in [1.29, 1.82) is 0 Å². The second-order valence-corrected chi connectivity index (χ2v) is 13.2. The van der Waals surface area contributed by atoms with E-state index in [1.807, 2.05) is 50.4 Å². The van der Waals surface area contributed by atoms with Crippen molar-refractivity contribution in [1.82, 2.24) is 5.32 Å². The van der Waals surface area contributed by atoms with Crippen molar-refractivity contribution in [2.75, 3.05) is 31.3 Å². The number of nitrogens with two attached hydrogens (primary N) is 1. The summed E-state index contributed by atoms with van der Waals surface area (Å²) >= 11 is 1.59. The third-order valence-electron chi connectivity index (χ3n) is 7.56. The Bertz CT molecular complexity index is 1860. The summed E-state index contributed by atoms with van der Waals surface area (Å²) in [6.07, 6.45) is 2.63. The summed E-state index contributed by atoms with van der Waals surface area (Å²) in [6.45, 7) is 12.7. The van der Waals surface area contributed by atoms with E-state index in [2.05, 4.69) is 21.7 Å². The van der Waals surface area contributed by atoms with Crippen LogP contribution in [-0.2, 0) is 22.4 Å². The van der Waals surface area contributed by atoms with Gasteiger partial charge in [0, 0.05) is 58.7 Å². The average molecular weight is 699 g/mol. The molecule has 50 heavy (non-hydrogen) atoms. The van der Waals surface area contributed by atoms with Crippen LogP contribution in [0.5, 0.6) is 5.75 Å². The molecule has 0 spiro atoms. The number of rotatable bonds is 9. The van der Waals surface area contributed by atoms with Gasteiger partial charge in [0.05, 0.1) is 19.3 Å². The lowest BCUT2D eigenvalue weighted by Crippen LogP contribution is -2.32. The van der Waals surface area contributed by atoms with E-state index >= 15 is 0 Å². The van der Waals surface area contributed by atoms with E-state index in [9.17, 15) is 14.4 Å². The summed E-state index contributed by atoms with van der Waals surface area (Å²) in [5.74, 6) is -0.379. The zero-order valence-corrected chi connectivity index (χ0v) is 30.6. The zero-order valence-electron chi connectivity index (χ0n) is 29.8. The van der Waals surface area contributed by atoms with Crippen molar-refractivity contribution in [3.05, 3.63) is 87.8 Å². The lowest BCUT2D eigenvalue weighted by molar-refractivity contribution is 0.0522. The van der Waals surface area contributed by atoms with E-state index in [0.717, 1.165) is 34.4 Å². The molecule has 1 aliphatic heterocycles. The molecule has 0 atom stereocenters. The third-order valence-corrected chi connectivity index (χ3v) is 8.55. The molecule has 0 saturated carbocycles. The summed E-state index contributed by atoms with van der Waals surface area (Å²) in [7, 11) is 1.31. The quantitative estimate of drug-likeness (QED) is 0.0904. The number of methoxy groups -OCH3 is 1. The molecule has 1 aliphatic rings. The van der Waals surface area contributed by atoms with Crippen LogP contribution in [0.2, 0.25) is 0 Å². The van der Waals surface area contributed by atoms with Gasteiger partial charge in [0.1, 0.15) is 11.4 Å². The highest BCUT2D eigenvalue weighted by molar-refractivity contribution is 7.13. The minimum Gasteiger partial charge on any atom is -0.493 e. The van der Waals surface area contributed by atoms with Crippen LogP contribution in [0.25, 0.3) is 21.6 Å². The highest BCUT2D eigenvalue weighted by Gasteiger charge is 2.27. The molecule has 264 valence electrons. The summed E-state index contributed by atoms with van der Waals surface area (Å²) < 4.78 is 16.7. The average Bonchev–Trinajstić information content (AvgIpc) is 3.49. The molecular formula is C39H46N4O6S. The van der Waals surface area contributed by atoms with Gasteiger partial charge in [-0.05, 0) is 91.2 Å². The highest BCUT2D eigenvalue weighted by Crippen LogP contribution is 2.44. The number of carbonyl (C=O) groups excluding carboxylic acids is 3. The number of anilines is 2. The summed E-state index contributed by atoms with van der Waals surface area (Å²) in [5, 5.41) is 7.77. The first-order chi connectivity index (χ1) is 24.0. The smallest absolute Gasteiger partial charge is 0.407 e. The number of nitrogens with zero attached hydrogens (tertiary/aromatic N) is 1. The van der Waals surface area contributed by atoms with Gasteiger partial charge in [0.25, 0.3) is 5.91 Å². The summed E-state index contributed by atoms with van der Waals surface area (Å²) in [6, 6.07) is 16.3. The van der Waals surface area contributed by atoms with Gasteiger partial charge in [-0.15, -0.1) is 11.3 Å². The number of nitrogens with one attached hydrogen (secondary N) is 2. The van der Waals surface area contributed by atoms with E-state index < -0.39 is 17.7 Å². The molecule has 10 nitrogen and oxygen atoms in total. The molecule has 2 heterocycles. The molecule has 0 saturated heterocycles. The van der Waals surface area contributed by atoms with E-state index in [-0.39, 0.29) is 18.0 Å².